The van der Waals surface area contributed by atoms with E-state index in [1.54, 1.807) is 6.92 Å². The quantitative estimate of drug-likeness (QED) is 0.686. The average molecular weight is 415 g/mol. The molecule has 26 heavy (non-hydrogen) atoms. The van der Waals surface area contributed by atoms with Gasteiger partial charge in [-0.1, -0.05) is 23.2 Å². The van der Waals surface area contributed by atoms with Gasteiger partial charge in [0.05, 0.1) is 34.5 Å². The summed E-state index contributed by atoms with van der Waals surface area (Å²) in [6.45, 7) is 1.63. The number of halogens is 2. The van der Waals surface area contributed by atoms with Crippen molar-refractivity contribution in [2.24, 2.45) is 0 Å². The Morgan fingerprint density at radius 2 is 1.88 bits per heavy atom. The standard InChI is InChI=1S/C15H12Cl2N4O4S/c1-9-18-6-11(25-9)7-20-26(23,24)12-4-2-10(3-5-12)21-15(22)14(17)13(16)8-19-21/h2-6,8,20H,7H2,1H3. The lowest BCUT2D eigenvalue weighted by Crippen LogP contribution is -2.24. The molecule has 3 aromatic rings. The van der Waals surface area contributed by atoms with Gasteiger partial charge in [0.2, 0.25) is 10.0 Å². The van der Waals surface area contributed by atoms with Gasteiger partial charge in [-0.3, -0.25) is 4.79 Å². The molecular formula is C15H12Cl2N4O4S. The van der Waals surface area contributed by atoms with Crippen LogP contribution in [0.25, 0.3) is 5.69 Å². The maximum absolute atomic E-state index is 12.3. The van der Waals surface area contributed by atoms with Gasteiger partial charge in [0.25, 0.3) is 5.56 Å². The maximum atomic E-state index is 12.3. The smallest absolute Gasteiger partial charge is 0.291 e. The Balaban J connectivity index is 1.82. The molecule has 0 amide bonds. The maximum Gasteiger partial charge on any atom is 0.291 e. The summed E-state index contributed by atoms with van der Waals surface area (Å²) in [5, 5.41) is 3.76. The summed E-state index contributed by atoms with van der Waals surface area (Å²) >= 11 is 11.6. The molecule has 0 atom stereocenters. The molecule has 2 heterocycles. The van der Waals surface area contributed by atoms with Crippen LogP contribution in [0.4, 0.5) is 0 Å². The van der Waals surface area contributed by atoms with E-state index < -0.39 is 15.6 Å². The Labute approximate surface area is 158 Å². The highest BCUT2D eigenvalue weighted by molar-refractivity contribution is 7.89. The monoisotopic (exact) mass is 414 g/mol. The van der Waals surface area contributed by atoms with Gasteiger partial charge in [-0.2, -0.15) is 9.78 Å². The Kier molecular flexibility index (Phi) is 5.15. The molecule has 0 unspecified atom stereocenters. The molecule has 3 rings (SSSR count). The van der Waals surface area contributed by atoms with E-state index in [-0.39, 0.29) is 21.5 Å². The van der Waals surface area contributed by atoms with Crippen molar-refractivity contribution in [3.8, 4) is 5.69 Å². The molecule has 136 valence electrons. The molecule has 0 saturated heterocycles. The lowest BCUT2D eigenvalue weighted by molar-refractivity contribution is 0.468. The normalized spacial score (nSPS) is 11.7. The van der Waals surface area contributed by atoms with E-state index in [2.05, 4.69) is 14.8 Å². The highest BCUT2D eigenvalue weighted by atomic mass is 35.5. The summed E-state index contributed by atoms with van der Waals surface area (Å²) in [6, 6.07) is 5.57. The molecule has 0 spiro atoms. The molecule has 0 radical (unpaired) electrons. The van der Waals surface area contributed by atoms with Gasteiger partial charge in [-0.25, -0.2) is 18.1 Å². The molecule has 0 aliphatic rings. The fraction of sp³-hybridized carbons (Fsp3) is 0.133. The number of benzene rings is 1. The second kappa shape index (κ2) is 7.20. The molecule has 0 aliphatic carbocycles. The number of hydrogen-bond acceptors (Lipinski definition) is 6. The van der Waals surface area contributed by atoms with Crippen molar-refractivity contribution < 1.29 is 12.8 Å². The molecule has 0 fully saturated rings. The van der Waals surface area contributed by atoms with E-state index in [0.717, 1.165) is 4.68 Å². The van der Waals surface area contributed by atoms with Crippen molar-refractivity contribution in [3.63, 3.8) is 0 Å². The van der Waals surface area contributed by atoms with Gasteiger partial charge in [-0.05, 0) is 24.3 Å². The molecule has 1 N–H and O–H groups in total. The van der Waals surface area contributed by atoms with Crippen molar-refractivity contribution in [2.45, 2.75) is 18.4 Å². The van der Waals surface area contributed by atoms with Crippen LogP contribution in [0.2, 0.25) is 10.0 Å². The van der Waals surface area contributed by atoms with Gasteiger partial charge in [0.15, 0.2) is 5.89 Å². The number of rotatable bonds is 5. The molecule has 8 nitrogen and oxygen atoms in total. The van der Waals surface area contributed by atoms with Crippen LogP contribution in [-0.2, 0) is 16.6 Å². The molecule has 0 saturated carbocycles. The first kappa shape index (κ1) is 18.6. The predicted octanol–water partition coefficient (Wildman–Crippen LogP) is 2.31. The van der Waals surface area contributed by atoms with Crippen LogP contribution in [0, 0.1) is 6.92 Å². The van der Waals surface area contributed by atoms with Gasteiger partial charge in [0, 0.05) is 6.92 Å². The summed E-state index contributed by atoms with van der Waals surface area (Å²) in [6.07, 6.45) is 2.68. The molecular weight excluding hydrogens is 403 g/mol. The fourth-order valence-corrected chi connectivity index (χ4v) is 3.35. The van der Waals surface area contributed by atoms with Crippen LogP contribution >= 0.6 is 23.2 Å². The number of nitrogens with one attached hydrogen (secondary N) is 1. The number of aryl methyl sites for hydroxylation is 1. The zero-order valence-electron chi connectivity index (χ0n) is 13.3. The molecule has 1 aromatic carbocycles. The van der Waals surface area contributed by atoms with E-state index in [4.69, 9.17) is 27.6 Å². The molecule has 0 aliphatic heterocycles. The number of aromatic nitrogens is 3. The summed E-state index contributed by atoms with van der Waals surface area (Å²) in [5.41, 5.74) is -0.257. The third-order valence-corrected chi connectivity index (χ3v) is 5.54. The first-order valence-electron chi connectivity index (χ1n) is 7.22. The first-order chi connectivity index (χ1) is 12.3. The minimum Gasteiger partial charge on any atom is -0.445 e. The van der Waals surface area contributed by atoms with Crippen molar-refractivity contribution in [1.29, 1.82) is 0 Å². The zero-order chi connectivity index (χ0) is 18.9. The van der Waals surface area contributed by atoms with Gasteiger partial charge >= 0.3 is 0 Å². The van der Waals surface area contributed by atoms with Crippen molar-refractivity contribution >= 4 is 33.2 Å². The van der Waals surface area contributed by atoms with Gasteiger partial charge < -0.3 is 4.42 Å². The van der Waals surface area contributed by atoms with Crippen molar-refractivity contribution in [3.05, 3.63) is 68.7 Å². The van der Waals surface area contributed by atoms with Crippen LogP contribution in [0.5, 0.6) is 0 Å². The van der Waals surface area contributed by atoms with Crippen LogP contribution in [-0.4, -0.2) is 23.2 Å². The summed E-state index contributed by atoms with van der Waals surface area (Å²) in [5.74, 6) is 0.845. The zero-order valence-corrected chi connectivity index (χ0v) is 15.6. The Bertz CT molecular complexity index is 1110. The number of sulfonamides is 1. The number of hydrogen-bond donors (Lipinski definition) is 1. The third kappa shape index (κ3) is 3.80. The first-order valence-corrected chi connectivity index (χ1v) is 9.46. The molecule has 0 bridgehead atoms. The highest BCUT2D eigenvalue weighted by Gasteiger charge is 2.16. The third-order valence-electron chi connectivity index (χ3n) is 3.37. The van der Waals surface area contributed by atoms with Gasteiger partial charge in [-0.15, -0.1) is 0 Å². The van der Waals surface area contributed by atoms with E-state index in [9.17, 15) is 13.2 Å². The van der Waals surface area contributed by atoms with E-state index in [1.165, 1.54) is 36.7 Å². The van der Waals surface area contributed by atoms with Crippen LogP contribution < -0.4 is 10.3 Å². The van der Waals surface area contributed by atoms with Crippen LogP contribution in [0.1, 0.15) is 11.7 Å². The number of oxazole rings is 1. The SMILES string of the molecule is Cc1ncc(CNS(=O)(=O)c2ccc(-n3ncc(Cl)c(Cl)c3=O)cc2)o1. The van der Waals surface area contributed by atoms with Crippen LogP contribution in [0.15, 0.2) is 50.8 Å². The summed E-state index contributed by atoms with van der Waals surface area (Å²) < 4.78 is 33.3. The highest BCUT2D eigenvalue weighted by Crippen LogP contribution is 2.17. The largest absolute Gasteiger partial charge is 0.445 e. The minimum atomic E-state index is -3.77. The lowest BCUT2D eigenvalue weighted by Gasteiger charge is -2.08. The number of nitrogens with zero attached hydrogens (tertiary/aromatic N) is 3. The Hall–Kier alpha value is -2.20. The molecule has 11 heteroatoms. The fourth-order valence-electron chi connectivity index (χ4n) is 2.10. The van der Waals surface area contributed by atoms with Crippen LogP contribution in [0.3, 0.4) is 0 Å². The second-order valence-corrected chi connectivity index (χ2v) is 7.74. The van der Waals surface area contributed by atoms with Crippen molar-refractivity contribution in [2.75, 3.05) is 0 Å². The Morgan fingerprint density at radius 1 is 1.19 bits per heavy atom. The summed E-state index contributed by atoms with van der Waals surface area (Å²) in [4.78, 5) is 16.0. The summed E-state index contributed by atoms with van der Waals surface area (Å²) in [7, 11) is -3.77. The van der Waals surface area contributed by atoms with E-state index in [1.807, 2.05) is 0 Å². The topological polar surface area (TPSA) is 107 Å². The lowest BCUT2D eigenvalue weighted by atomic mass is 10.3. The van der Waals surface area contributed by atoms with E-state index in [0.29, 0.717) is 17.3 Å². The van der Waals surface area contributed by atoms with Gasteiger partial charge in [0.1, 0.15) is 10.8 Å². The average Bonchev–Trinajstić information content (AvgIpc) is 3.04. The molecule has 2 aromatic heterocycles. The Morgan fingerprint density at radius 3 is 2.50 bits per heavy atom. The second-order valence-electron chi connectivity index (χ2n) is 5.19. The minimum absolute atomic E-state index is 0.0191. The van der Waals surface area contributed by atoms with Crippen molar-refractivity contribution in [1.82, 2.24) is 19.5 Å². The predicted molar refractivity (Wildman–Crippen MR) is 95.1 cm³/mol. The van der Waals surface area contributed by atoms with E-state index >= 15 is 0 Å².